The number of aliphatic hydroxyl groups excluding tert-OH is 8. The fourth-order valence-electron chi connectivity index (χ4n) is 18.1. The average Bonchev–Trinajstić information content (AvgIpc) is 0.762. The number of carbonyl (C=O) groups is 4. The van der Waals surface area contributed by atoms with E-state index in [1.165, 1.54) is 155 Å². The average molecular weight is 1740 g/mol. The van der Waals surface area contributed by atoms with Crippen molar-refractivity contribution < 1.29 is 126 Å². The summed E-state index contributed by atoms with van der Waals surface area (Å²) in [6.07, 6.45) is 14.6. The third kappa shape index (κ3) is 39.9. The molecule has 0 saturated carbocycles. The quantitative estimate of drug-likeness (QED) is 0.0159. The Hall–Kier alpha value is -2.84. The van der Waals surface area contributed by atoms with E-state index < -0.39 is 184 Å². The monoisotopic (exact) mass is 1740 g/mol. The van der Waals surface area contributed by atoms with Gasteiger partial charge in [-0.3, -0.25) is 19.2 Å². The van der Waals surface area contributed by atoms with E-state index in [4.69, 9.17) is 66.3 Å². The van der Waals surface area contributed by atoms with Crippen LogP contribution < -0.4 is 0 Å². The molecule has 0 aromatic rings. The third-order valence-corrected chi connectivity index (χ3v) is 25.9. The Kier molecular flexibility index (Phi) is 56.6. The zero-order valence-electron chi connectivity index (χ0n) is 76.9. The number of esters is 4. The first-order valence-corrected chi connectivity index (χ1v) is 49.9. The molecular weight excluding hydrogens is 1570 g/mol. The molecule has 6 saturated heterocycles. The number of rotatable bonds is 58. The van der Waals surface area contributed by atoms with Crippen LogP contribution in [0.3, 0.4) is 0 Å². The summed E-state index contributed by atoms with van der Waals surface area (Å²) in [6, 6.07) is 0. The van der Waals surface area contributed by atoms with E-state index in [2.05, 4.69) is 27.7 Å². The van der Waals surface area contributed by atoms with Gasteiger partial charge in [-0.1, -0.05) is 329 Å². The number of ether oxygens (including phenoxy) is 14. The minimum atomic E-state index is -2.02. The second-order valence-corrected chi connectivity index (χ2v) is 36.7. The predicted octanol–water partition coefficient (Wildman–Crippen LogP) is 17.1. The van der Waals surface area contributed by atoms with Gasteiger partial charge in [-0.25, -0.2) is 0 Å². The topological polar surface area (TPSA) is 359 Å². The largest absolute Gasteiger partial charge is 0.457 e. The Morgan fingerprint density at radius 1 is 0.311 bits per heavy atom. The van der Waals surface area contributed by atoms with Crippen molar-refractivity contribution in [3.63, 3.8) is 0 Å². The van der Waals surface area contributed by atoms with Crippen molar-refractivity contribution >= 4 is 23.9 Å². The lowest BCUT2D eigenvalue weighted by Gasteiger charge is -2.51. The van der Waals surface area contributed by atoms with Crippen LogP contribution in [0.5, 0.6) is 0 Å². The highest BCUT2D eigenvalue weighted by molar-refractivity contribution is 5.71. The smallest absolute Gasteiger partial charge is 0.306 e. The third-order valence-electron chi connectivity index (χ3n) is 25.9. The van der Waals surface area contributed by atoms with Crippen LogP contribution >= 0.6 is 0 Å². The normalized spacial score (nSPS) is 32.8. The molecule has 0 aromatic heterocycles. The standard InChI is InChI=1S/C96H174O26/c1-9-13-17-20-23-26-29-32-33-36-39-41-46-51-57-63-74(99)116-87-78(103)72(66-97)114-94(82(87)107)122-90-86(119-92-81(106)80(105)84(68(6)110-92)115-73(98)62-56-50-45-40-37-34-30-27-24-21-18-14-10-2)70(8)112-96(91(90)118-76(101)65-59-52-47-42-38-35-31-28-25-22-19-15-11-3)120-85-69(7)111-93-83(108)88(85)117-75(100)64-58-53-48-43-44-49-55-61-71(60-54-16-12-4)113-95-89(121-93)79(104)77(102)67(5)109-95/h67-72,77-97,102-108H,9-66H2,1-8H3/t67-,68+,69+,70+,71-,72+,77-,78+,79+,80+,81+,82+,83+,84+,85-,86+,87-,88-,89-,90-,91+,92-,93-,94-,95+,96-/m1/s1. The Morgan fingerprint density at radius 3 is 1.16 bits per heavy atom. The number of hydrogen-bond acceptors (Lipinski definition) is 26. The maximum Gasteiger partial charge on any atom is 0.306 e. The molecule has 0 aliphatic carbocycles. The van der Waals surface area contributed by atoms with Crippen LogP contribution in [0.25, 0.3) is 0 Å². The highest BCUT2D eigenvalue weighted by atomic mass is 16.8. The fourth-order valence-corrected chi connectivity index (χ4v) is 18.1. The summed E-state index contributed by atoms with van der Waals surface area (Å²) in [5.74, 6) is -2.78. The molecular formula is C96H174O26. The second kappa shape index (κ2) is 64.0. The van der Waals surface area contributed by atoms with E-state index in [1.807, 2.05) is 0 Å². The van der Waals surface area contributed by atoms with E-state index in [9.17, 15) is 60.0 Å². The summed E-state index contributed by atoms with van der Waals surface area (Å²) < 4.78 is 90.9. The van der Waals surface area contributed by atoms with Gasteiger partial charge in [-0.05, 0) is 66.2 Å². The summed E-state index contributed by atoms with van der Waals surface area (Å²) in [5.41, 5.74) is 0. The molecule has 8 N–H and O–H groups in total. The van der Waals surface area contributed by atoms with Crippen molar-refractivity contribution in [2.75, 3.05) is 6.61 Å². The summed E-state index contributed by atoms with van der Waals surface area (Å²) in [7, 11) is 0. The van der Waals surface area contributed by atoms with Gasteiger partial charge in [-0.15, -0.1) is 0 Å². The molecule has 122 heavy (non-hydrogen) atoms. The summed E-state index contributed by atoms with van der Waals surface area (Å²) >= 11 is 0. The molecule has 6 rings (SSSR count). The van der Waals surface area contributed by atoms with Gasteiger partial charge < -0.3 is 107 Å². The molecule has 6 heterocycles. The van der Waals surface area contributed by atoms with Gasteiger partial charge in [0.15, 0.2) is 55.9 Å². The maximum absolute atomic E-state index is 14.9. The van der Waals surface area contributed by atoms with Gasteiger partial charge in [0, 0.05) is 25.7 Å². The SMILES string of the molecule is CCCCCCCCCCCCCCCCCC(=O)O[C@H]1[C@H](O)[C@@H](O[C@H]2[C@H](OC(=O)CCCCCCCCCCCCCCC)[C@@H](O[C@H]3[C@@H]4OC(=O)CCCCCCCCC[C@@H](CCCCC)O[C@@H]5O[C@H](C)[C@@H](O)[C@H](O)[C@H]5O[C@@H](O[C@H]3C)[C@H]4O)O[C@@H](C)[C@@H]2O[C@H]2O[C@@H](C)[C@H](OC(=O)CCCCCCCCCCCCCCC)[C@@H](O)[C@@H]2O)O[C@@H](CO)[C@@H]1O. The van der Waals surface area contributed by atoms with Crippen molar-refractivity contribution in [1.29, 1.82) is 0 Å². The number of aliphatic hydroxyl groups is 8. The van der Waals surface area contributed by atoms with E-state index in [-0.39, 0.29) is 31.8 Å². The summed E-state index contributed by atoms with van der Waals surface area (Å²) in [6.45, 7) is 14.2. The van der Waals surface area contributed by atoms with Crippen LogP contribution in [-0.4, -0.2) is 231 Å². The van der Waals surface area contributed by atoms with Crippen molar-refractivity contribution in [2.24, 2.45) is 0 Å². The van der Waals surface area contributed by atoms with Crippen molar-refractivity contribution in [3.05, 3.63) is 0 Å². The number of carbonyl (C=O) groups excluding carboxylic acids is 4. The zero-order chi connectivity index (χ0) is 88.2. The number of hydrogen-bond donors (Lipinski definition) is 8. The van der Waals surface area contributed by atoms with Crippen LogP contribution in [0.1, 0.15) is 421 Å². The molecule has 0 aromatic carbocycles. The Balaban J connectivity index is 1.30. The molecule has 6 aliphatic rings. The van der Waals surface area contributed by atoms with Gasteiger partial charge in [0.05, 0.1) is 37.1 Å². The molecule has 0 radical (unpaired) electrons. The minimum absolute atomic E-state index is 0.0450. The number of unbranched alkanes of at least 4 members (excludes halogenated alkanes) is 40. The Bertz CT molecular complexity index is 2670. The lowest BCUT2D eigenvalue weighted by Crippen LogP contribution is -2.68. The summed E-state index contributed by atoms with van der Waals surface area (Å²) in [5, 5.41) is 95.6. The van der Waals surface area contributed by atoms with Crippen LogP contribution in [0, 0.1) is 0 Å². The molecule has 714 valence electrons. The lowest BCUT2D eigenvalue weighted by atomic mass is 9.95. The highest BCUT2D eigenvalue weighted by Crippen LogP contribution is 2.41. The van der Waals surface area contributed by atoms with Gasteiger partial charge in [0.1, 0.15) is 73.2 Å². The first kappa shape index (κ1) is 108. The van der Waals surface area contributed by atoms with Crippen LogP contribution in [0.2, 0.25) is 0 Å². The highest BCUT2D eigenvalue weighted by Gasteiger charge is 2.59. The van der Waals surface area contributed by atoms with Crippen molar-refractivity contribution in [3.8, 4) is 0 Å². The molecule has 26 heteroatoms. The molecule has 0 amide bonds. The van der Waals surface area contributed by atoms with Crippen LogP contribution in [0.15, 0.2) is 0 Å². The van der Waals surface area contributed by atoms with Crippen molar-refractivity contribution in [2.45, 2.75) is 581 Å². The van der Waals surface area contributed by atoms with Gasteiger partial charge in [0.2, 0.25) is 0 Å². The molecule has 2 bridgehead atoms. The van der Waals surface area contributed by atoms with E-state index in [0.717, 1.165) is 141 Å². The first-order chi connectivity index (χ1) is 59.2. The molecule has 0 unspecified atom stereocenters. The van der Waals surface area contributed by atoms with E-state index in [1.54, 1.807) is 20.8 Å². The van der Waals surface area contributed by atoms with Gasteiger partial charge >= 0.3 is 23.9 Å². The van der Waals surface area contributed by atoms with Crippen LogP contribution in [0.4, 0.5) is 0 Å². The molecule has 26 nitrogen and oxygen atoms in total. The molecule has 26 atom stereocenters. The fraction of sp³-hybridized carbons (Fsp3) is 0.958. The summed E-state index contributed by atoms with van der Waals surface area (Å²) in [4.78, 5) is 56.8. The van der Waals surface area contributed by atoms with Gasteiger partial charge in [0.25, 0.3) is 0 Å². The molecule has 6 aliphatic heterocycles. The maximum atomic E-state index is 14.9. The van der Waals surface area contributed by atoms with Crippen molar-refractivity contribution in [1.82, 2.24) is 0 Å². The minimum Gasteiger partial charge on any atom is -0.457 e. The van der Waals surface area contributed by atoms with E-state index in [0.29, 0.717) is 51.4 Å². The lowest BCUT2D eigenvalue weighted by molar-refractivity contribution is -0.400. The number of fused-ring (bicyclic) bond motifs is 3. The first-order valence-electron chi connectivity index (χ1n) is 49.9. The zero-order valence-corrected chi connectivity index (χ0v) is 76.9. The molecule has 6 fully saturated rings. The van der Waals surface area contributed by atoms with Crippen LogP contribution in [-0.2, 0) is 85.5 Å². The van der Waals surface area contributed by atoms with Gasteiger partial charge in [-0.2, -0.15) is 0 Å². The Labute approximate surface area is 734 Å². The van der Waals surface area contributed by atoms with E-state index >= 15 is 0 Å². The molecule has 0 spiro atoms. The predicted molar refractivity (Wildman–Crippen MR) is 465 cm³/mol. The second-order valence-electron chi connectivity index (χ2n) is 36.7. The Morgan fingerprint density at radius 2 is 0.689 bits per heavy atom.